The summed E-state index contributed by atoms with van der Waals surface area (Å²) in [6.45, 7) is 0. The topological polar surface area (TPSA) is 60.4 Å². The average molecular weight is 151 g/mol. The van der Waals surface area contributed by atoms with Gasteiger partial charge in [-0.2, -0.15) is 10.6 Å². The van der Waals surface area contributed by atoms with Crippen molar-refractivity contribution < 1.29 is 14.2 Å². The molecular weight excluding hydrogens is 140 g/mol. The molecule has 0 saturated carbocycles. The molecule has 0 aromatic carbocycles. The molecule has 55 valence electrons. The summed E-state index contributed by atoms with van der Waals surface area (Å²) in [7, 11) is -2.32. The SMILES string of the molecule is [O]C1CCS(O)(O)CC1. The predicted octanol–water partition coefficient (Wildman–Crippen LogP) is 1.33. The monoisotopic (exact) mass is 151 g/mol. The van der Waals surface area contributed by atoms with Crippen molar-refractivity contribution >= 4 is 10.6 Å². The van der Waals surface area contributed by atoms with Crippen molar-refractivity contribution in [3.8, 4) is 0 Å². The summed E-state index contributed by atoms with van der Waals surface area (Å²) in [4.78, 5) is 0. The van der Waals surface area contributed by atoms with Gasteiger partial charge in [0.2, 0.25) is 0 Å². The fraction of sp³-hybridized carbons (Fsp3) is 1.00. The molecule has 1 saturated heterocycles. The van der Waals surface area contributed by atoms with Gasteiger partial charge in [0.1, 0.15) is 0 Å². The van der Waals surface area contributed by atoms with Gasteiger partial charge in [-0.05, 0) is 12.8 Å². The van der Waals surface area contributed by atoms with Crippen LogP contribution in [0.15, 0.2) is 0 Å². The maximum atomic E-state index is 10.6. The molecule has 4 heteroatoms. The summed E-state index contributed by atoms with van der Waals surface area (Å²) in [5.74, 6) is 0.641. The van der Waals surface area contributed by atoms with Crippen LogP contribution in [0.3, 0.4) is 0 Å². The Hall–Kier alpha value is 0.230. The van der Waals surface area contributed by atoms with Gasteiger partial charge >= 0.3 is 0 Å². The molecule has 1 radical (unpaired) electrons. The van der Waals surface area contributed by atoms with E-state index in [1.807, 2.05) is 0 Å². The van der Waals surface area contributed by atoms with Crippen LogP contribution in [0.4, 0.5) is 0 Å². The van der Waals surface area contributed by atoms with Gasteiger partial charge in [-0.1, -0.05) is 0 Å². The molecule has 0 amide bonds. The van der Waals surface area contributed by atoms with Crippen LogP contribution in [0.25, 0.3) is 0 Å². The first kappa shape index (κ1) is 7.34. The largest absolute Gasteiger partial charge is 0.299 e. The van der Waals surface area contributed by atoms with Crippen LogP contribution in [-0.2, 0) is 5.11 Å². The van der Waals surface area contributed by atoms with E-state index in [0.29, 0.717) is 24.3 Å². The van der Waals surface area contributed by atoms with Gasteiger partial charge in [-0.15, -0.1) is 0 Å². The maximum Gasteiger partial charge on any atom is 0.0960 e. The van der Waals surface area contributed by atoms with Gasteiger partial charge in [0.25, 0.3) is 0 Å². The van der Waals surface area contributed by atoms with Crippen molar-refractivity contribution in [3.63, 3.8) is 0 Å². The van der Waals surface area contributed by atoms with E-state index in [-0.39, 0.29) is 0 Å². The summed E-state index contributed by atoms with van der Waals surface area (Å²) in [6.07, 6.45) is 0.315. The molecule has 1 aliphatic rings. The Balaban J connectivity index is 2.35. The lowest BCUT2D eigenvalue weighted by molar-refractivity contribution is 0.0788. The number of hydrogen-bond donors (Lipinski definition) is 2. The van der Waals surface area contributed by atoms with Crippen LogP contribution in [0, 0.1) is 0 Å². The van der Waals surface area contributed by atoms with Crippen LogP contribution in [0.1, 0.15) is 12.8 Å². The highest BCUT2D eigenvalue weighted by molar-refractivity contribution is 8.24. The standard InChI is InChI=1S/C5H11O3S/c6-5-1-3-9(7,8)4-2-5/h5,7-8H,1-4H2. The number of hydrogen-bond acceptors (Lipinski definition) is 2. The fourth-order valence-electron chi connectivity index (χ4n) is 0.887. The molecule has 3 nitrogen and oxygen atoms in total. The van der Waals surface area contributed by atoms with E-state index >= 15 is 0 Å². The maximum absolute atomic E-state index is 10.6. The second kappa shape index (κ2) is 2.46. The molecular formula is C5H11O3S. The van der Waals surface area contributed by atoms with Gasteiger partial charge in [-0.25, -0.2) is 5.11 Å². The second-order valence-electron chi connectivity index (χ2n) is 2.41. The Labute approximate surface area is 56.1 Å². The summed E-state index contributed by atoms with van der Waals surface area (Å²) in [5.41, 5.74) is 0. The molecule has 0 aromatic rings. The Kier molecular flexibility index (Phi) is 2.00. The van der Waals surface area contributed by atoms with Crippen molar-refractivity contribution in [2.24, 2.45) is 0 Å². The normalized spacial score (nSPS) is 31.9. The van der Waals surface area contributed by atoms with Crippen molar-refractivity contribution in [1.29, 1.82) is 0 Å². The minimum Gasteiger partial charge on any atom is -0.299 e. The van der Waals surface area contributed by atoms with Crippen molar-refractivity contribution in [2.75, 3.05) is 11.5 Å². The van der Waals surface area contributed by atoms with E-state index in [0.717, 1.165) is 0 Å². The van der Waals surface area contributed by atoms with Crippen LogP contribution in [-0.4, -0.2) is 26.7 Å². The van der Waals surface area contributed by atoms with E-state index in [2.05, 4.69) is 0 Å². The average Bonchev–Trinajstić information content (AvgIpc) is 1.78. The number of rotatable bonds is 0. The zero-order chi connectivity index (χ0) is 6.91. The predicted molar refractivity (Wildman–Crippen MR) is 36.3 cm³/mol. The molecule has 0 atom stereocenters. The minimum atomic E-state index is -2.32. The molecule has 9 heavy (non-hydrogen) atoms. The molecule has 0 aliphatic carbocycles. The lowest BCUT2D eigenvalue weighted by Gasteiger charge is -2.36. The Bertz CT molecular complexity index is 94.4. The van der Waals surface area contributed by atoms with E-state index in [1.165, 1.54) is 0 Å². The van der Waals surface area contributed by atoms with Crippen LogP contribution in [0.5, 0.6) is 0 Å². The van der Waals surface area contributed by atoms with Crippen molar-refractivity contribution in [3.05, 3.63) is 0 Å². The first-order chi connectivity index (χ1) is 4.10. The molecule has 0 unspecified atom stereocenters. The van der Waals surface area contributed by atoms with Gasteiger partial charge in [0.05, 0.1) is 6.10 Å². The van der Waals surface area contributed by atoms with Gasteiger partial charge < -0.3 is 0 Å². The van der Waals surface area contributed by atoms with Gasteiger partial charge in [-0.3, -0.25) is 9.11 Å². The molecule has 0 aromatic heterocycles. The smallest absolute Gasteiger partial charge is 0.0960 e. The van der Waals surface area contributed by atoms with E-state index in [9.17, 15) is 5.11 Å². The summed E-state index contributed by atoms with van der Waals surface area (Å²) < 4.78 is 18.0. The molecule has 1 heterocycles. The Morgan fingerprint density at radius 2 is 1.67 bits per heavy atom. The Morgan fingerprint density at radius 1 is 1.22 bits per heavy atom. The van der Waals surface area contributed by atoms with E-state index < -0.39 is 16.7 Å². The molecule has 1 rings (SSSR count). The molecule has 1 aliphatic heterocycles. The third-order valence-electron chi connectivity index (χ3n) is 1.53. The van der Waals surface area contributed by atoms with Crippen molar-refractivity contribution in [2.45, 2.75) is 18.9 Å². The Morgan fingerprint density at radius 3 is 2.00 bits per heavy atom. The third kappa shape index (κ3) is 2.14. The van der Waals surface area contributed by atoms with Gasteiger partial charge in [0.15, 0.2) is 0 Å². The zero-order valence-electron chi connectivity index (χ0n) is 5.12. The van der Waals surface area contributed by atoms with Crippen molar-refractivity contribution in [1.82, 2.24) is 0 Å². The molecule has 2 N–H and O–H groups in total. The molecule has 0 bridgehead atoms. The summed E-state index contributed by atoms with van der Waals surface area (Å²) >= 11 is 0. The van der Waals surface area contributed by atoms with Crippen LogP contribution in [0.2, 0.25) is 0 Å². The molecule has 1 fully saturated rings. The van der Waals surface area contributed by atoms with Crippen LogP contribution < -0.4 is 0 Å². The van der Waals surface area contributed by atoms with Gasteiger partial charge in [0, 0.05) is 11.5 Å². The highest BCUT2D eigenvalue weighted by Crippen LogP contribution is 2.43. The molecule has 0 spiro atoms. The lowest BCUT2D eigenvalue weighted by atomic mass is 10.2. The lowest BCUT2D eigenvalue weighted by Crippen LogP contribution is -2.22. The highest BCUT2D eigenvalue weighted by atomic mass is 32.3. The first-order valence-electron chi connectivity index (χ1n) is 2.99. The summed E-state index contributed by atoms with van der Waals surface area (Å²) in [6, 6.07) is 0. The second-order valence-corrected chi connectivity index (χ2v) is 4.83. The van der Waals surface area contributed by atoms with E-state index in [4.69, 9.17) is 9.11 Å². The van der Waals surface area contributed by atoms with Crippen LogP contribution >= 0.6 is 10.6 Å². The minimum absolute atomic E-state index is 0.321. The zero-order valence-corrected chi connectivity index (χ0v) is 5.93. The quantitative estimate of drug-likeness (QED) is 0.548. The fourth-order valence-corrected chi connectivity index (χ4v) is 2.37. The highest BCUT2D eigenvalue weighted by Gasteiger charge is 2.22. The third-order valence-corrected chi connectivity index (χ3v) is 3.31. The summed E-state index contributed by atoms with van der Waals surface area (Å²) in [5, 5.41) is 10.6. The first-order valence-corrected chi connectivity index (χ1v) is 4.88. The van der Waals surface area contributed by atoms with E-state index in [1.54, 1.807) is 0 Å².